The third-order valence-electron chi connectivity index (χ3n) is 3.44. The average Bonchev–Trinajstić information content (AvgIpc) is 2.38. The van der Waals surface area contributed by atoms with Crippen LogP contribution in [0.15, 0.2) is 24.3 Å². The van der Waals surface area contributed by atoms with Crippen LogP contribution in [0.3, 0.4) is 0 Å². The van der Waals surface area contributed by atoms with Gasteiger partial charge in [-0.05, 0) is 30.5 Å². The van der Waals surface area contributed by atoms with Crippen LogP contribution in [-0.2, 0) is 11.0 Å². The maximum Gasteiger partial charge on any atom is 0.416 e. The largest absolute Gasteiger partial charge is 0.481 e. The van der Waals surface area contributed by atoms with E-state index in [2.05, 4.69) is 5.32 Å². The Bertz CT molecular complexity index is 473. The summed E-state index contributed by atoms with van der Waals surface area (Å²) in [4.78, 5) is 11.2. The van der Waals surface area contributed by atoms with Gasteiger partial charge >= 0.3 is 12.1 Å². The predicted molar refractivity (Wildman–Crippen MR) is 62.8 cm³/mol. The van der Waals surface area contributed by atoms with Gasteiger partial charge in [-0.1, -0.05) is 18.2 Å². The van der Waals surface area contributed by atoms with E-state index in [-0.39, 0.29) is 12.5 Å². The van der Waals surface area contributed by atoms with Gasteiger partial charge in [0.2, 0.25) is 0 Å². The number of hydrogen-bond donors (Lipinski definition) is 2. The van der Waals surface area contributed by atoms with E-state index in [4.69, 9.17) is 5.11 Å². The van der Waals surface area contributed by atoms with Crippen molar-refractivity contribution in [3.8, 4) is 0 Å². The highest BCUT2D eigenvalue weighted by molar-refractivity contribution is 5.72. The molecule has 6 heteroatoms. The van der Waals surface area contributed by atoms with Gasteiger partial charge in [-0.2, -0.15) is 13.2 Å². The van der Waals surface area contributed by atoms with Gasteiger partial charge in [0, 0.05) is 6.54 Å². The van der Waals surface area contributed by atoms with Crippen molar-refractivity contribution in [2.24, 2.45) is 5.92 Å². The van der Waals surface area contributed by atoms with Crippen molar-refractivity contribution in [3.05, 3.63) is 35.4 Å². The predicted octanol–water partition coefficient (Wildman–Crippen LogP) is 2.48. The second kappa shape index (κ2) is 5.21. The first-order valence-electron chi connectivity index (χ1n) is 6.00. The van der Waals surface area contributed by atoms with Crippen LogP contribution in [0.5, 0.6) is 0 Å². The van der Waals surface area contributed by atoms with Crippen LogP contribution in [0.4, 0.5) is 13.2 Å². The summed E-state index contributed by atoms with van der Waals surface area (Å²) in [6.07, 6.45) is -3.88. The number of halogens is 3. The fourth-order valence-electron chi connectivity index (χ4n) is 2.46. The Morgan fingerprint density at radius 2 is 2.11 bits per heavy atom. The first kappa shape index (κ1) is 13.9. The molecule has 0 radical (unpaired) electrons. The molecule has 19 heavy (non-hydrogen) atoms. The number of rotatable bonds is 2. The molecular weight excluding hydrogens is 259 g/mol. The van der Waals surface area contributed by atoms with Gasteiger partial charge < -0.3 is 10.4 Å². The van der Waals surface area contributed by atoms with Crippen molar-refractivity contribution in [1.82, 2.24) is 5.32 Å². The Balaban J connectivity index is 2.32. The molecule has 0 aliphatic carbocycles. The van der Waals surface area contributed by atoms with Gasteiger partial charge in [0.1, 0.15) is 0 Å². The van der Waals surface area contributed by atoms with Crippen molar-refractivity contribution in [3.63, 3.8) is 0 Å². The van der Waals surface area contributed by atoms with Crippen LogP contribution < -0.4 is 5.32 Å². The fraction of sp³-hybridized carbons (Fsp3) is 0.462. The molecule has 0 saturated carbocycles. The smallest absolute Gasteiger partial charge is 0.416 e. The number of benzene rings is 1. The highest BCUT2D eigenvalue weighted by atomic mass is 19.4. The number of alkyl halides is 3. The topological polar surface area (TPSA) is 49.3 Å². The highest BCUT2D eigenvalue weighted by Gasteiger charge is 2.34. The van der Waals surface area contributed by atoms with E-state index in [9.17, 15) is 18.0 Å². The van der Waals surface area contributed by atoms with Crippen molar-refractivity contribution in [2.75, 3.05) is 13.1 Å². The lowest BCUT2D eigenvalue weighted by molar-refractivity contribution is -0.142. The number of piperidine rings is 1. The Morgan fingerprint density at radius 3 is 2.74 bits per heavy atom. The van der Waals surface area contributed by atoms with Crippen LogP contribution in [0.2, 0.25) is 0 Å². The van der Waals surface area contributed by atoms with Crippen molar-refractivity contribution < 1.29 is 23.1 Å². The minimum atomic E-state index is -4.40. The maximum atomic E-state index is 12.7. The first-order valence-corrected chi connectivity index (χ1v) is 6.00. The van der Waals surface area contributed by atoms with Gasteiger partial charge in [-0.3, -0.25) is 4.79 Å². The summed E-state index contributed by atoms with van der Waals surface area (Å²) in [5, 5.41) is 12.1. The van der Waals surface area contributed by atoms with E-state index in [0.29, 0.717) is 18.5 Å². The number of carboxylic acids is 1. The molecule has 1 aliphatic rings. The normalized spacial score (nSPS) is 24.2. The Kier molecular flexibility index (Phi) is 3.80. The molecule has 104 valence electrons. The Morgan fingerprint density at radius 1 is 1.37 bits per heavy atom. The summed E-state index contributed by atoms with van der Waals surface area (Å²) < 4.78 is 38.0. The molecule has 0 aromatic heterocycles. The molecule has 3 nitrogen and oxygen atoms in total. The molecule has 2 N–H and O–H groups in total. The zero-order chi connectivity index (χ0) is 14.0. The molecule has 0 bridgehead atoms. The average molecular weight is 273 g/mol. The van der Waals surface area contributed by atoms with Gasteiger partial charge in [-0.25, -0.2) is 0 Å². The van der Waals surface area contributed by atoms with Crippen molar-refractivity contribution in [2.45, 2.75) is 18.5 Å². The van der Waals surface area contributed by atoms with Gasteiger partial charge in [0.15, 0.2) is 0 Å². The second-order valence-corrected chi connectivity index (χ2v) is 4.67. The summed E-state index contributed by atoms with van der Waals surface area (Å²) in [6, 6.07) is 4.96. The number of hydrogen-bond acceptors (Lipinski definition) is 2. The molecule has 1 saturated heterocycles. The van der Waals surface area contributed by atoms with E-state index < -0.39 is 23.6 Å². The fourth-order valence-corrected chi connectivity index (χ4v) is 2.46. The quantitative estimate of drug-likeness (QED) is 0.870. The molecule has 1 aromatic carbocycles. The van der Waals surface area contributed by atoms with Crippen LogP contribution in [-0.4, -0.2) is 24.2 Å². The van der Waals surface area contributed by atoms with E-state index in [1.54, 1.807) is 6.07 Å². The molecule has 2 rings (SSSR count). The maximum absolute atomic E-state index is 12.7. The summed E-state index contributed by atoms with van der Waals surface area (Å²) >= 11 is 0. The minimum Gasteiger partial charge on any atom is -0.481 e. The zero-order valence-corrected chi connectivity index (χ0v) is 10.1. The Hall–Kier alpha value is -1.56. The highest BCUT2D eigenvalue weighted by Crippen LogP contribution is 2.35. The van der Waals surface area contributed by atoms with E-state index in [0.717, 1.165) is 12.1 Å². The summed E-state index contributed by atoms with van der Waals surface area (Å²) in [5.74, 6) is -2.03. The monoisotopic (exact) mass is 273 g/mol. The number of carboxylic acid groups (broad SMARTS) is 1. The lowest BCUT2D eigenvalue weighted by atomic mass is 9.81. The molecule has 0 amide bonds. The molecule has 0 spiro atoms. The van der Waals surface area contributed by atoms with Gasteiger partial charge in [0.25, 0.3) is 0 Å². The second-order valence-electron chi connectivity index (χ2n) is 4.67. The van der Waals surface area contributed by atoms with E-state index in [1.807, 2.05) is 0 Å². The number of aliphatic carboxylic acids is 1. The molecule has 2 unspecified atom stereocenters. The SMILES string of the molecule is O=C(O)C1CNCCC1c1cccc(C(F)(F)F)c1. The molecule has 1 aliphatic heterocycles. The van der Waals surface area contributed by atoms with Crippen molar-refractivity contribution in [1.29, 1.82) is 0 Å². The van der Waals surface area contributed by atoms with Crippen LogP contribution >= 0.6 is 0 Å². The minimum absolute atomic E-state index is 0.288. The third kappa shape index (κ3) is 3.07. The number of carbonyl (C=O) groups is 1. The summed E-state index contributed by atoms with van der Waals surface area (Å²) in [7, 11) is 0. The lowest BCUT2D eigenvalue weighted by Crippen LogP contribution is -2.39. The van der Waals surface area contributed by atoms with Crippen LogP contribution in [0.25, 0.3) is 0 Å². The Labute approximate surface area is 108 Å². The van der Waals surface area contributed by atoms with Gasteiger partial charge in [-0.15, -0.1) is 0 Å². The molecule has 1 fully saturated rings. The van der Waals surface area contributed by atoms with Crippen LogP contribution in [0.1, 0.15) is 23.5 Å². The standard InChI is InChI=1S/C13H14F3NO2/c14-13(15,16)9-3-1-2-8(6-9)10-4-5-17-7-11(10)12(18)19/h1-3,6,10-11,17H,4-5,7H2,(H,18,19). The molecule has 1 heterocycles. The van der Waals surface area contributed by atoms with Crippen LogP contribution in [0, 0.1) is 5.92 Å². The van der Waals surface area contributed by atoms with Gasteiger partial charge in [0.05, 0.1) is 11.5 Å². The lowest BCUT2D eigenvalue weighted by Gasteiger charge is -2.30. The molecule has 2 atom stereocenters. The zero-order valence-electron chi connectivity index (χ0n) is 10.1. The molecule has 1 aromatic rings. The molecular formula is C13H14F3NO2. The van der Waals surface area contributed by atoms with Crippen molar-refractivity contribution >= 4 is 5.97 Å². The number of nitrogens with one attached hydrogen (secondary N) is 1. The summed E-state index contributed by atoms with van der Waals surface area (Å²) in [6.45, 7) is 0.904. The first-order chi connectivity index (χ1) is 8.89. The van der Waals surface area contributed by atoms with E-state index in [1.165, 1.54) is 6.07 Å². The summed E-state index contributed by atoms with van der Waals surface area (Å²) in [5.41, 5.74) is -0.281. The third-order valence-corrected chi connectivity index (χ3v) is 3.44. The van der Waals surface area contributed by atoms with E-state index >= 15 is 0 Å².